The summed E-state index contributed by atoms with van der Waals surface area (Å²) < 4.78 is 10.9. The molecule has 144 valence electrons. The highest BCUT2D eigenvalue weighted by Crippen LogP contribution is 2.27. The number of hydrogen-bond donors (Lipinski definition) is 1. The van der Waals surface area contributed by atoms with Crippen LogP contribution in [0.5, 0.6) is 5.75 Å². The van der Waals surface area contributed by atoms with Crippen LogP contribution < -0.4 is 4.74 Å². The van der Waals surface area contributed by atoms with Crippen molar-refractivity contribution in [2.45, 2.75) is 12.8 Å². The van der Waals surface area contributed by atoms with Crippen LogP contribution in [0.2, 0.25) is 0 Å². The van der Waals surface area contributed by atoms with Crippen LogP contribution in [-0.4, -0.2) is 47.8 Å². The zero-order valence-corrected chi connectivity index (χ0v) is 16.4. The molecule has 0 fully saturated rings. The molecule has 28 heavy (non-hydrogen) atoms. The third-order valence-corrected chi connectivity index (χ3v) is 4.85. The zero-order chi connectivity index (χ0) is 19.5. The van der Waals surface area contributed by atoms with Gasteiger partial charge in [0.15, 0.2) is 5.82 Å². The summed E-state index contributed by atoms with van der Waals surface area (Å²) in [4.78, 5) is 10.1. The van der Waals surface area contributed by atoms with E-state index in [9.17, 15) is 0 Å². The van der Waals surface area contributed by atoms with Crippen LogP contribution in [0.1, 0.15) is 17.0 Å². The van der Waals surface area contributed by atoms with Crippen LogP contribution >= 0.6 is 0 Å². The Morgan fingerprint density at radius 2 is 1.96 bits per heavy atom. The molecule has 6 heteroatoms. The fraction of sp³-hybridized carbons (Fsp3) is 0.273. The van der Waals surface area contributed by atoms with E-state index in [4.69, 9.17) is 9.26 Å². The molecule has 4 rings (SSSR count). The van der Waals surface area contributed by atoms with Gasteiger partial charge in [0.2, 0.25) is 0 Å². The zero-order valence-electron chi connectivity index (χ0n) is 16.4. The molecule has 0 atom stereocenters. The van der Waals surface area contributed by atoms with E-state index in [-0.39, 0.29) is 0 Å². The number of benzene rings is 2. The van der Waals surface area contributed by atoms with E-state index in [1.54, 1.807) is 7.11 Å². The van der Waals surface area contributed by atoms with Gasteiger partial charge >= 0.3 is 0 Å². The molecule has 6 nitrogen and oxygen atoms in total. The molecule has 0 aliphatic carbocycles. The second-order valence-electron chi connectivity index (χ2n) is 7.13. The largest absolute Gasteiger partial charge is 0.496 e. The van der Waals surface area contributed by atoms with Gasteiger partial charge in [-0.1, -0.05) is 23.4 Å². The molecule has 2 aromatic heterocycles. The lowest BCUT2D eigenvalue weighted by molar-refractivity contribution is 0.408. The normalized spacial score (nSPS) is 11.4. The fourth-order valence-corrected chi connectivity index (χ4v) is 3.32. The predicted molar refractivity (Wildman–Crippen MR) is 110 cm³/mol. The molecule has 2 heterocycles. The van der Waals surface area contributed by atoms with Gasteiger partial charge in [-0.3, -0.25) is 0 Å². The van der Waals surface area contributed by atoms with Crippen molar-refractivity contribution in [2.24, 2.45) is 0 Å². The molecular weight excluding hydrogens is 352 g/mol. The van der Waals surface area contributed by atoms with Crippen LogP contribution in [-0.2, 0) is 12.8 Å². The highest BCUT2D eigenvalue weighted by molar-refractivity contribution is 5.87. The lowest BCUT2D eigenvalue weighted by Gasteiger charge is -2.08. The van der Waals surface area contributed by atoms with Gasteiger partial charge in [-0.05, 0) is 50.3 Å². The average molecular weight is 376 g/mol. The highest BCUT2D eigenvalue weighted by Gasteiger charge is 2.13. The van der Waals surface area contributed by atoms with E-state index in [1.807, 2.05) is 30.3 Å². The molecule has 2 aromatic carbocycles. The summed E-state index contributed by atoms with van der Waals surface area (Å²) in [6, 6.07) is 14.1. The van der Waals surface area contributed by atoms with E-state index in [1.165, 1.54) is 10.9 Å². The van der Waals surface area contributed by atoms with E-state index >= 15 is 0 Å². The number of aromatic nitrogens is 3. The fourth-order valence-electron chi connectivity index (χ4n) is 3.32. The van der Waals surface area contributed by atoms with E-state index in [2.05, 4.69) is 52.4 Å². The van der Waals surface area contributed by atoms with Gasteiger partial charge in [0.05, 0.1) is 7.11 Å². The Hall–Kier alpha value is -3.12. The predicted octanol–water partition coefficient (Wildman–Crippen LogP) is 3.92. The Kier molecular flexibility index (Phi) is 5.12. The van der Waals surface area contributed by atoms with Crippen LogP contribution in [0.15, 0.2) is 53.2 Å². The number of H-pyrrole nitrogens is 1. The first-order valence-corrected chi connectivity index (χ1v) is 9.33. The Morgan fingerprint density at radius 1 is 1.11 bits per heavy atom. The Morgan fingerprint density at radius 3 is 2.79 bits per heavy atom. The van der Waals surface area contributed by atoms with Gasteiger partial charge in [-0.15, -0.1) is 0 Å². The van der Waals surface area contributed by atoms with Crippen molar-refractivity contribution in [1.82, 2.24) is 20.0 Å². The van der Waals surface area contributed by atoms with Crippen LogP contribution in [0.4, 0.5) is 0 Å². The lowest BCUT2D eigenvalue weighted by Crippen LogP contribution is -2.14. The minimum Gasteiger partial charge on any atom is -0.496 e. The van der Waals surface area contributed by atoms with Gasteiger partial charge in [0.25, 0.3) is 5.89 Å². The first-order chi connectivity index (χ1) is 13.6. The SMILES string of the molecule is COc1ccccc1Cc1noc(-c2ccc3[nH]cc(CCN(C)C)c3c2)n1. The topological polar surface area (TPSA) is 67.2 Å². The number of likely N-dealkylation sites (N-methyl/N-ethyl adjacent to an activating group) is 1. The number of hydrogen-bond acceptors (Lipinski definition) is 5. The smallest absolute Gasteiger partial charge is 0.257 e. The summed E-state index contributed by atoms with van der Waals surface area (Å²) in [5.41, 5.74) is 4.37. The number of aromatic amines is 1. The number of nitrogens with one attached hydrogen (secondary N) is 1. The molecule has 0 radical (unpaired) electrons. The molecule has 0 bridgehead atoms. The summed E-state index contributed by atoms with van der Waals surface area (Å²) in [6.45, 7) is 1.00. The van der Waals surface area contributed by atoms with E-state index in [0.29, 0.717) is 18.1 Å². The molecule has 0 aliphatic rings. The average Bonchev–Trinajstić information content (AvgIpc) is 3.33. The van der Waals surface area contributed by atoms with Crippen molar-refractivity contribution in [3.63, 3.8) is 0 Å². The van der Waals surface area contributed by atoms with E-state index < -0.39 is 0 Å². The second-order valence-corrected chi connectivity index (χ2v) is 7.13. The van der Waals surface area contributed by atoms with Crippen molar-refractivity contribution >= 4 is 10.9 Å². The molecule has 0 unspecified atom stereocenters. The maximum atomic E-state index is 5.54. The number of ether oxygens (including phenoxy) is 1. The number of methoxy groups -OCH3 is 1. The molecule has 0 saturated carbocycles. The van der Waals surface area contributed by atoms with Crippen LogP contribution in [0.25, 0.3) is 22.4 Å². The number of nitrogens with zero attached hydrogens (tertiary/aromatic N) is 3. The van der Waals surface area contributed by atoms with Gasteiger partial charge < -0.3 is 19.1 Å². The van der Waals surface area contributed by atoms with Crippen molar-refractivity contribution in [1.29, 1.82) is 0 Å². The second kappa shape index (κ2) is 7.86. The summed E-state index contributed by atoms with van der Waals surface area (Å²) in [5.74, 6) is 2.00. The molecule has 1 N–H and O–H groups in total. The first-order valence-electron chi connectivity index (χ1n) is 9.33. The minimum absolute atomic E-state index is 0.534. The van der Waals surface area contributed by atoms with Gasteiger partial charge in [-0.25, -0.2) is 0 Å². The standard InChI is InChI=1S/C22H24N4O2/c1-26(2)11-10-17-14-23-19-9-8-16(12-18(17)19)22-24-21(25-28-22)13-15-6-4-5-7-20(15)27-3/h4-9,12,14,23H,10-11,13H2,1-3H3. The summed E-state index contributed by atoms with van der Waals surface area (Å²) in [5, 5.41) is 5.35. The minimum atomic E-state index is 0.534. The van der Waals surface area contributed by atoms with Gasteiger partial charge in [-0.2, -0.15) is 4.98 Å². The van der Waals surface area contributed by atoms with Gasteiger partial charge in [0, 0.05) is 41.2 Å². The van der Waals surface area contributed by atoms with Crippen molar-refractivity contribution in [2.75, 3.05) is 27.7 Å². The Bertz CT molecular complexity index is 1080. The number of para-hydroxylation sites is 1. The van der Waals surface area contributed by atoms with Crippen molar-refractivity contribution in [3.8, 4) is 17.2 Å². The monoisotopic (exact) mass is 376 g/mol. The quantitative estimate of drug-likeness (QED) is 0.529. The molecule has 0 spiro atoms. The van der Waals surface area contributed by atoms with Crippen LogP contribution in [0, 0.1) is 0 Å². The molecule has 0 saturated heterocycles. The number of fused-ring (bicyclic) bond motifs is 1. The molecule has 0 amide bonds. The maximum Gasteiger partial charge on any atom is 0.257 e. The molecule has 0 aliphatic heterocycles. The van der Waals surface area contributed by atoms with Gasteiger partial charge in [0.1, 0.15) is 5.75 Å². The Labute approximate surface area is 164 Å². The molecular formula is C22H24N4O2. The third kappa shape index (κ3) is 3.77. The summed E-state index contributed by atoms with van der Waals surface area (Å²) in [7, 11) is 5.84. The van der Waals surface area contributed by atoms with Crippen LogP contribution in [0.3, 0.4) is 0 Å². The third-order valence-electron chi connectivity index (χ3n) is 4.85. The lowest BCUT2D eigenvalue weighted by atomic mass is 10.1. The molecule has 4 aromatic rings. The highest BCUT2D eigenvalue weighted by atomic mass is 16.5. The maximum absolute atomic E-state index is 5.54. The number of rotatable bonds is 7. The summed E-state index contributed by atoms with van der Waals surface area (Å²) >= 11 is 0. The van der Waals surface area contributed by atoms with E-state index in [0.717, 1.165) is 35.4 Å². The van der Waals surface area contributed by atoms with Crippen molar-refractivity contribution < 1.29 is 9.26 Å². The Balaban J connectivity index is 1.59. The van der Waals surface area contributed by atoms with Crippen molar-refractivity contribution in [3.05, 3.63) is 65.6 Å². The first kappa shape index (κ1) is 18.3. The summed E-state index contributed by atoms with van der Waals surface area (Å²) in [6.07, 6.45) is 3.63.